The van der Waals surface area contributed by atoms with Crippen LogP contribution in [0, 0.1) is 0 Å². The first kappa shape index (κ1) is 13.6. The van der Waals surface area contributed by atoms with E-state index < -0.39 is 0 Å². The molecule has 1 aromatic heterocycles. The van der Waals surface area contributed by atoms with Gasteiger partial charge in [0.2, 0.25) is 5.16 Å². The lowest BCUT2D eigenvalue weighted by molar-refractivity contribution is 0.423. The van der Waals surface area contributed by atoms with Crippen molar-refractivity contribution in [2.24, 2.45) is 0 Å². The van der Waals surface area contributed by atoms with Gasteiger partial charge in [-0.25, -0.2) is 4.68 Å². The largest absolute Gasteiger partial charge is 0.316 e. The van der Waals surface area contributed by atoms with E-state index in [-0.39, 0.29) is 0 Å². The third kappa shape index (κ3) is 3.02. The number of benzene rings is 1. The molecule has 0 bridgehead atoms. The van der Waals surface area contributed by atoms with Gasteiger partial charge in [-0.3, -0.25) is 0 Å². The molecule has 106 valence electrons. The molecule has 5 nitrogen and oxygen atoms in total. The molecule has 1 saturated carbocycles. The molecule has 20 heavy (non-hydrogen) atoms. The number of nitrogens with zero attached hydrogens (tertiary/aromatic N) is 4. The van der Waals surface area contributed by atoms with E-state index in [2.05, 4.69) is 45.1 Å². The number of hydrogen-bond acceptors (Lipinski definition) is 5. The summed E-state index contributed by atoms with van der Waals surface area (Å²) >= 11 is 1.64. The lowest BCUT2D eigenvalue weighted by Crippen LogP contribution is -2.08. The van der Waals surface area contributed by atoms with E-state index in [1.807, 2.05) is 11.7 Å². The first-order chi connectivity index (χ1) is 9.86. The second-order valence-electron chi connectivity index (χ2n) is 5.12. The molecular formula is C14H19N5S. The number of aromatic nitrogens is 4. The molecule has 0 atom stereocenters. The van der Waals surface area contributed by atoms with Crippen LogP contribution in [0.25, 0.3) is 0 Å². The van der Waals surface area contributed by atoms with Crippen molar-refractivity contribution in [1.29, 1.82) is 0 Å². The van der Waals surface area contributed by atoms with Crippen LogP contribution in [0.1, 0.15) is 37.3 Å². The number of hydrogen-bond donors (Lipinski definition) is 1. The predicted octanol–water partition coefficient (Wildman–Crippen LogP) is 2.66. The highest BCUT2D eigenvalue weighted by atomic mass is 32.2. The van der Waals surface area contributed by atoms with E-state index >= 15 is 0 Å². The Labute approximate surface area is 123 Å². The highest BCUT2D eigenvalue weighted by Gasteiger charge is 2.21. The van der Waals surface area contributed by atoms with E-state index in [0.29, 0.717) is 6.04 Å². The van der Waals surface area contributed by atoms with Crippen molar-refractivity contribution in [3.8, 4) is 0 Å². The minimum absolute atomic E-state index is 0.482. The summed E-state index contributed by atoms with van der Waals surface area (Å²) in [4.78, 5) is 1.18. The minimum atomic E-state index is 0.482. The molecule has 6 heteroatoms. The summed E-state index contributed by atoms with van der Waals surface area (Å²) in [7, 11) is 1.96. The maximum absolute atomic E-state index is 4.17. The van der Waals surface area contributed by atoms with Gasteiger partial charge < -0.3 is 5.32 Å². The van der Waals surface area contributed by atoms with Crippen LogP contribution < -0.4 is 5.32 Å². The van der Waals surface area contributed by atoms with Crippen LogP contribution in [0.15, 0.2) is 34.3 Å². The second-order valence-corrected chi connectivity index (χ2v) is 6.16. The maximum Gasteiger partial charge on any atom is 0.214 e. The number of nitrogens with one attached hydrogen (secondary N) is 1. The van der Waals surface area contributed by atoms with Crippen molar-refractivity contribution in [1.82, 2.24) is 25.5 Å². The predicted molar refractivity (Wildman–Crippen MR) is 78.7 cm³/mol. The van der Waals surface area contributed by atoms with E-state index in [9.17, 15) is 0 Å². The van der Waals surface area contributed by atoms with Crippen LogP contribution in [0.2, 0.25) is 0 Å². The average Bonchev–Trinajstić information content (AvgIpc) is 3.12. The molecule has 0 radical (unpaired) electrons. The molecule has 1 aromatic carbocycles. The van der Waals surface area contributed by atoms with Crippen LogP contribution in [0.3, 0.4) is 0 Å². The number of rotatable bonds is 5. The first-order valence-corrected chi connectivity index (χ1v) is 7.88. The Hall–Kier alpha value is -1.40. The Balaban J connectivity index is 1.72. The van der Waals surface area contributed by atoms with Gasteiger partial charge in [0.15, 0.2) is 0 Å². The van der Waals surface area contributed by atoms with Crippen LogP contribution in [-0.4, -0.2) is 27.3 Å². The van der Waals surface area contributed by atoms with Crippen LogP contribution in [0.4, 0.5) is 0 Å². The standard InChI is InChI=1S/C14H19N5S/c1-15-10-11-6-8-13(9-7-11)20-14-16-17-18-19(14)12-4-2-3-5-12/h6-9,12,15H,2-5,10H2,1H3. The monoisotopic (exact) mass is 289 g/mol. The van der Waals surface area contributed by atoms with Crippen molar-refractivity contribution in [2.45, 2.75) is 48.3 Å². The van der Waals surface area contributed by atoms with Gasteiger partial charge in [0.05, 0.1) is 6.04 Å². The zero-order valence-electron chi connectivity index (χ0n) is 11.6. The SMILES string of the molecule is CNCc1ccc(Sc2nnnn2C2CCCC2)cc1. The molecule has 1 aliphatic rings. The lowest BCUT2D eigenvalue weighted by Gasteiger charge is -2.10. The van der Waals surface area contributed by atoms with Gasteiger partial charge in [0.1, 0.15) is 0 Å². The number of tetrazole rings is 1. The van der Waals surface area contributed by atoms with Gasteiger partial charge in [-0.15, -0.1) is 5.10 Å². The van der Waals surface area contributed by atoms with Crippen molar-refractivity contribution in [3.05, 3.63) is 29.8 Å². The Morgan fingerprint density at radius 2 is 2.00 bits per heavy atom. The molecule has 1 N–H and O–H groups in total. The second kappa shape index (κ2) is 6.37. The molecule has 3 rings (SSSR count). The van der Waals surface area contributed by atoms with Crippen LogP contribution in [0.5, 0.6) is 0 Å². The molecule has 1 aliphatic carbocycles. The van der Waals surface area contributed by atoms with Gasteiger partial charge in [0, 0.05) is 11.4 Å². The Kier molecular flexibility index (Phi) is 4.32. The molecule has 0 amide bonds. The molecule has 2 aromatic rings. The highest BCUT2D eigenvalue weighted by molar-refractivity contribution is 7.99. The zero-order valence-corrected chi connectivity index (χ0v) is 12.4. The molecular weight excluding hydrogens is 270 g/mol. The normalized spacial score (nSPS) is 15.8. The molecule has 0 unspecified atom stereocenters. The van der Waals surface area contributed by atoms with Gasteiger partial charge in [-0.1, -0.05) is 25.0 Å². The van der Waals surface area contributed by atoms with E-state index in [0.717, 1.165) is 11.7 Å². The van der Waals surface area contributed by atoms with E-state index in [1.54, 1.807) is 11.8 Å². The summed E-state index contributed by atoms with van der Waals surface area (Å²) in [5.41, 5.74) is 1.28. The van der Waals surface area contributed by atoms with Crippen molar-refractivity contribution in [3.63, 3.8) is 0 Å². The van der Waals surface area contributed by atoms with Gasteiger partial charge in [-0.05, 0) is 59.8 Å². The fourth-order valence-corrected chi connectivity index (χ4v) is 3.45. The quantitative estimate of drug-likeness (QED) is 0.917. The smallest absolute Gasteiger partial charge is 0.214 e. The maximum atomic E-state index is 4.17. The molecule has 0 aliphatic heterocycles. The van der Waals surface area contributed by atoms with E-state index in [4.69, 9.17) is 0 Å². The Bertz CT molecular complexity index is 545. The average molecular weight is 289 g/mol. The Morgan fingerprint density at radius 1 is 1.25 bits per heavy atom. The lowest BCUT2D eigenvalue weighted by atomic mass is 10.2. The molecule has 1 heterocycles. The molecule has 0 saturated heterocycles. The topological polar surface area (TPSA) is 55.6 Å². The minimum Gasteiger partial charge on any atom is -0.316 e. The van der Waals surface area contributed by atoms with Crippen LogP contribution >= 0.6 is 11.8 Å². The third-order valence-electron chi connectivity index (χ3n) is 3.65. The van der Waals surface area contributed by atoms with Crippen molar-refractivity contribution in [2.75, 3.05) is 7.05 Å². The van der Waals surface area contributed by atoms with E-state index in [1.165, 1.54) is 36.1 Å². The summed E-state index contributed by atoms with van der Waals surface area (Å²) in [6, 6.07) is 9.03. The molecule has 1 fully saturated rings. The van der Waals surface area contributed by atoms with Gasteiger partial charge >= 0.3 is 0 Å². The molecule has 0 spiro atoms. The summed E-state index contributed by atoms with van der Waals surface area (Å²) in [6.45, 7) is 0.894. The summed E-state index contributed by atoms with van der Waals surface area (Å²) in [5, 5.41) is 16.2. The summed E-state index contributed by atoms with van der Waals surface area (Å²) in [5.74, 6) is 0. The van der Waals surface area contributed by atoms with Gasteiger partial charge in [-0.2, -0.15) is 0 Å². The Morgan fingerprint density at radius 3 is 2.70 bits per heavy atom. The van der Waals surface area contributed by atoms with Gasteiger partial charge in [0.25, 0.3) is 0 Å². The zero-order chi connectivity index (χ0) is 13.8. The van der Waals surface area contributed by atoms with Crippen molar-refractivity contribution >= 4 is 11.8 Å². The fraction of sp³-hybridized carbons (Fsp3) is 0.500. The highest BCUT2D eigenvalue weighted by Crippen LogP contribution is 2.33. The summed E-state index contributed by atoms with van der Waals surface area (Å²) in [6.07, 6.45) is 4.96. The van der Waals surface area contributed by atoms with Crippen LogP contribution in [-0.2, 0) is 6.54 Å². The third-order valence-corrected chi connectivity index (χ3v) is 4.61. The first-order valence-electron chi connectivity index (χ1n) is 7.06. The fourth-order valence-electron chi connectivity index (χ4n) is 2.62. The van der Waals surface area contributed by atoms with Crippen molar-refractivity contribution < 1.29 is 0 Å². The summed E-state index contributed by atoms with van der Waals surface area (Å²) < 4.78 is 2.00.